The van der Waals surface area contributed by atoms with E-state index in [0.717, 1.165) is 22.0 Å². The van der Waals surface area contributed by atoms with Crippen molar-refractivity contribution in [2.45, 2.75) is 38.4 Å². The van der Waals surface area contributed by atoms with Gasteiger partial charge in [-0.2, -0.15) is 0 Å². The zero-order valence-electron chi connectivity index (χ0n) is 13.4. The van der Waals surface area contributed by atoms with Gasteiger partial charge in [0.05, 0.1) is 28.6 Å². The van der Waals surface area contributed by atoms with Crippen LogP contribution in [0.4, 0.5) is 0 Å². The van der Waals surface area contributed by atoms with Crippen molar-refractivity contribution in [3.05, 3.63) is 51.7 Å². The molecule has 1 aliphatic carbocycles. The molecule has 1 fully saturated rings. The minimum atomic E-state index is -0.620. The van der Waals surface area contributed by atoms with Gasteiger partial charge in [0.1, 0.15) is 5.76 Å². The summed E-state index contributed by atoms with van der Waals surface area (Å²) in [4.78, 5) is 13.2. The number of ketones is 1. The van der Waals surface area contributed by atoms with Gasteiger partial charge in [-0.25, -0.2) is 0 Å². The third kappa shape index (κ3) is 1.82. The molecule has 3 aliphatic rings. The SMILES string of the molecule is CCc1ccc(Br)cc1C1=C(O)[C@H]2[C@@H](C1=O)C1(C)C=CC2(C)O1. The van der Waals surface area contributed by atoms with Gasteiger partial charge in [-0.1, -0.05) is 41.1 Å². The molecule has 0 amide bonds. The molecule has 4 atom stereocenters. The Balaban J connectivity index is 1.91. The topological polar surface area (TPSA) is 46.5 Å². The van der Waals surface area contributed by atoms with Gasteiger partial charge in [0.25, 0.3) is 0 Å². The van der Waals surface area contributed by atoms with Crippen LogP contribution in [0.25, 0.3) is 5.57 Å². The Bertz CT molecular complexity index is 794. The first kappa shape index (κ1) is 15.2. The number of halogens is 1. The highest BCUT2D eigenvalue weighted by molar-refractivity contribution is 9.10. The van der Waals surface area contributed by atoms with E-state index in [1.807, 2.05) is 44.2 Å². The summed E-state index contributed by atoms with van der Waals surface area (Å²) >= 11 is 3.48. The summed E-state index contributed by atoms with van der Waals surface area (Å²) in [6, 6.07) is 5.91. The first-order chi connectivity index (χ1) is 10.8. The van der Waals surface area contributed by atoms with Crippen LogP contribution in [0.3, 0.4) is 0 Å². The van der Waals surface area contributed by atoms with E-state index in [0.29, 0.717) is 5.57 Å². The number of benzene rings is 1. The predicted molar refractivity (Wildman–Crippen MR) is 92.1 cm³/mol. The first-order valence-corrected chi connectivity index (χ1v) is 8.77. The first-order valence-electron chi connectivity index (χ1n) is 7.97. The van der Waals surface area contributed by atoms with E-state index in [1.165, 1.54) is 0 Å². The number of ether oxygens (including phenoxy) is 1. The fraction of sp³-hybridized carbons (Fsp3) is 0.421. The van der Waals surface area contributed by atoms with Gasteiger partial charge in [-0.3, -0.25) is 4.79 Å². The Kier molecular flexibility index (Phi) is 3.02. The molecule has 0 saturated carbocycles. The molecular weight excluding hydrogens is 356 g/mol. The second-order valence-corrected chi connectivity index (χ2v) is 7.95. The van der Waals surface area contributed by atoms with Crippen molar-refractivity contribution in [2.24, 2.45) is 11.8 Å². The van der Waals surface area contributed by atoms with Gasteiger partial charge in [0.15, 0.2) is 5.78 Å². The lowest BCUT2D eigenvalue weighted by molar-refractivity contribution is -0.120. The standard InChI is InChI=1S/C19H19BrO3/c1-4-10-5-6-11(20)9-12(10)13-16(21)14-15(17(13)22)19(3)8-7-18(14,2)23-19/h5-9,14-15,21H,4H2,1-3H3/t14-,15+,18?,19?/m1/s1. The normalized spacial score (nSPS) is 37.8. The lowest BCUT2D eigenvalue weighted by atomic mass is 9.72. The summed E-state index contributed by atoms with van der Waals surface area (Å²) < 4.78 is 6.99. The van der Waals surface area contributed by atoms with Crippen molar-refractivity contribution in [3.8, 4) is 0 Å². The molecule has 0 radical (unpaired) electrons. The second-order valence-electron chi connectivity index (χ2n) is 7.04. The molecule has 1 N–H and O–H groups in total. The van der Waals surface area contributed by atoms with E-state index in [4.69, 9.17) is 4.74 Å². The molecule has 1 aromatic rings. The van der Waals surface area contributed by atoms with Gasteiger partial charge in [0.2, 0.25) is 0 Å². The number of carbonyl (C=O) groups excluding carboxylic acids is 1. The molecule has 1 aromatic carbocycles. The molecule has 0 spiro atoms. The maximum Gasteiger partial charge on any atom is 0.174 e. The van der Waals surface area contributed by atoms with E-state index in [-0.39, 0.29) is 23.4 Å². The van der Waals surface area contributed by atoms with Gasteiger partial charge in [0, 0.05) is 4.47 Å². The van der Waals surface area contributed by atoms with Crippen molar-refractivity contribution in [1.82, 2.24) is 0 Å². The summed E-state index contributed by atoms with van der Waals surface area (Å²) in [6.07, 6.45) is 4.78. The number of allylic oxidation sites excluding steroid dienone is 1. The van der Waals surface area contributed by atoms with Gasteiger partial charge < -0.3 is 9.84 Å². The largest absolute Gasteiger partial charge is 0.511 e. The molecule has 120 valence electrons. The van der Waals surface area contributed by atoms with Gasteiger partial charge >= 0.3 is 0 Å². The zero-order valence-corrected chi connectivity index (χ0v) is 15.0. The maximum absolute atomic E-state index is 13.2. The van der Waals surface area contributed by atoms with Crippen molar-refractivity contribution in [3.63, 3.8) is 0 Å². The van der Waals surface area contributed by atoms with Gasteiger partial charge in [-0.05, 0) is 43.5 Å². The molecule has 4 rings (SSSR count). The van der Waals surface area contributed by atoms with E-state index >= 15 is 0 Å². The van der Waals surface area contributed by atoms with E-state index in [9.17, 15) is 9.90 Å². The van der Waals surface area contributed by atoms with Crippen LogP contribution in [-0.2, 0) is 16.0 Å². The number of fused-ring (bicyclic) bond motifs is 5. The van der Waals surface area contributed by atoms with Crippen LogP contribution < -0.4 is 0 Å². The smallest absolute Gasteiger partial charge is 0.174 e. The number of aliphatic hydroxyl groups is 1. The summed E-state index contributed by atoms with van der Waals surface area (Å²) in [5.74, 6) is -0.445. The number of hydrogen-bond acceptors (Lipinski definition) is 3. The molecule has 0 aromatic heterocycles. The van der Waals surface area contributed by atoms with Crippen LogP contribution in [0.5, 0.6) is 0 Å². The zero-order chi connectivity index (χ0) is 16.6. The minimum Gasteiger partial charge on any atom is -0.511 e. The highest BCUT2D eigenvalue weighted by atomic mass is 79.9. The van der Waals surface area contributed by atoms with Gasteiger partial charge in [-0.15, -0.1) is 0 Å². The summed E-state index contributed by atoms with van der Waals surface area (Å²) in [5, 5.41) is 10.9. The third-order valence-electron chi connectivity index (χ3n) is 5.56. The number of aliphatic hydroxyl groups excluding tert-OH is 1. The van der Waals surface area contributed by atoms with Crippen LogP contribution >= 0.6 is 15.9 Å². The summed E-state index contributed by atoms with van der Waals surface area (Å²) in [7, 11) is 0. The van der Waals surface area contributed by atoms with Crippen LogP contribution in [0.1, 0.15) is 31.9 Å². The van der Waals surface area contributed by atoms with Crippen molar-refractivity contribution >= 4 is 27.3 Å². The van der Waals surface area contributed by atoms with Crippen molar-refractivity contribution in [1.29, 1.82) is 0 Å². The molecule has 2 aliphatic heterocycles. The minimum absolute atomic E-state index is 0.00382. The van der Waals surface area contributed by atoms with Crippen LogP contribution in [0.2, 0.25) is 0 Å². The molecule has 23 heavy (non-hydrogen) atoms. The van der Waals surface area contributed by atoms with E-state index < -0.39 is 11.2 Å². The highest BCUT2D eigenvalue weighted by Crippen LogP contribution is 2.60. The van der Waals surface area contributed by atoms with E-state index in [2.05, 4.69) is 22.9 Å². The van der Waals surface area contributed by atoms with E-state index in [1.54, 1.807) is 0 Å². The molecule has 2 bridgehead atoms. The Labute approximate surface area is 144 Å². The molecule has 2 heterocycles. The third-order valence-corrected chi connectivity index (χ3v) is 6.05. The molecule has 3 nitrogen and oxygen atoms in total. The lowest BCUT2D eigenvalue weighted by Gasteiger charge is -2.26. The second kappa shape index (κ2) is 4.58. The quantitative estimate of drug-likeness (QED) is 0.788. The fourth-order valence-electron chi connectivity index (χ4n) is 4.51. The van der Waals surface area contributed by atoms with Crippen LogP contribution in [0, 0.1) is 11.8 Å². The highest BCUT2D eigenvalue weighted by Gasteiger charge is 2.67. The molecule has 4 heteroatoms. The summed E-state index contributed by atoms with van der Waals surface area (Å²) in [5.41, 5.74) is 1.16. The lowest BCUT2D eigenvalue weighted by Crippen LogP contribution is -2.36. The average Bonchev–Trinajstić information content (AvgIpc) is 3.04. The number of aryl methyl sites for hydroxylation is 1. The Hall–Kier alpha value is -1.39. The number of carbonyl (C=O) groups is 1. The van der Waals surface area contributed by atoms with Crippen LogP contribution in [0.15, 0.2) is 40.6 Å². The molecule has 1 saturated heterocycles. The predicted octanol–water partition coefficient (Wildman–Crippen LogP) is 4.21. The van der Waals surface area contributed by atoms with Crippen molar-refractivity contribution in [2.75, 3.05) is 0 Å². The van der Waals surface area contributed by atoms with Crippen LogP contribution in [-0.4, -0.2) is 22.1 Å². The number of Topliss-reactive ketones (excluding diaryl/α,β-unsaturated/α-hetero) is 1. The Morgan fingerprint density at radius 2 is 1.87 bits per heavy atom. The maximum atomic E-state index is 13.2. The average molecular weight is 375 g/mol. The summed E-state index contributed by atoms with van der Waals surface area (Å²) in [6.45, 7) is 5.95. The number of hydrogen-bond donors (Lipinski definition) is 1. The fourth-order valence-corrected chi connectivity index (χ4v) is 4.87. The Morgan fingerprint density at radius 3 is 2.48 bits per heavy atom. The van der Waals surface area contributed by atoms with Crippen molar-refractivity contribution < 1.29 is 14.6 Å². The number of rotatable bonds is 2. The molecular formula is C19H19BrO3. The molecule has 2 unspecified atom stereocenters. The Morgan fingerprint density at radius 1 is 1.22 bits per heavy atom. The monoisotopic (exact) mass is 374 g/mol.